The van der Waals surface area contributed by atoms with Gasteiger partial charge in [-0.25, -0.2) is 4.68 Å². The van der Waals surface area contributed by atoms with Crippen LogP contribution in [-0.4, -0.2) is 22.3 Å². The molecular weight excluding hydrogens is 394 g/mol. The molecule has 3 rings (SSSR count). The summed E-state index contributed by atoms with van der Waals surface area (Å²) in [4.78, 5) is 12.3. The van der Waals surface area contributed by atoms with E-state index in [1.54, 1.807) is 16.9 Å². The molecule has 0 atom stereocenters. The Labute approximate surface area is 161 Å². The Bertz CT molecular complexity index is 901. The van der Waals surface area contributed by atoms with Crippen LogP contribution in [0.15, 0.2) is 59.2 Å². The number of hydrogen-bond donors (Lipinski definition) is 1. The van der Waals surface area contributed by atoms with E-state index >= 15 is 0 Å². The molecule has 0 aliphatic carbocycles. The first-order valence-electron chi connectivity index (χ1n) is 8.28. The Balaban J connectivity index is 1.63. The van der Waals surface area contributed by atoms with E-state index in [2.05, 4.69) is 26.3 Å². The molecule has 1 N–H and O–H groups in total. The second-order valence-corrected chi connectivity index (χ2v) is 6.98. The van der Waals surface area contributed by atoms with Gasteiger partial charge in [-0.1, -0.05) is 46.3 Å². The van der Waals surface area contributed by atoms with E-state index in [-0.39, 0.29) is 12.5 Å². The van der Waals surface area contributed by atoms with Gasteiger partial charge in [0.2, 0.25) is 0 Å². The highest BCUT2D eigenvalue weighted by atomic mass is 79.9. The third kappa shape index (κ3) is 4.52. The average Bonchev–Trinajstić information content (AvgIpc) is 3.01. The molecule has 3 aromatic rings. The summed E-state index contributed by atoms with van der Waals surface area (Å²) in [7, 11) is 0. The summed E-state index contributed by atoms with van der Waals surface area (Å²) in [5, 5.41) is 7.15. The molecule has 1 aromatic heterocycles. The first kappa shape index (κ1) is 18.2. The van der Waals surface area contributed by atoms with Crippen LogP contribution in [0.4, 0.5) is 5.82 Å². The number of rotatable bonds is 6. The Morgan fingerprint density at radius 3 is 2.62 bits per heavy atom. The summed E-state index contributed by atoms with van der Waals surface area (Å²) in [6, 6.07) is 15.7. The predicted molar refractivity (Wildman–Crippen MR) is 106 cm³/mol. The number of carbonyl (C=O) groups is 1. The van der Waals surface area contributed by atoms with Crippen LogP contribution >= 0.6 is 15.9 Å². The molecule has 1 heterocycles. The first-order chi connectivity index (χ1) is 12.5. The Morgan fingerprint density at radius 2 is 1.88 bits per heavy atom. The number of aromatic nitrogens is 2. The van der Waals surface area contributed by atoms with E-state index in [1.165, 1.54) is 0 Å². The van der Waals surface area contributed by atoms with Crippen LogP contribution in [0.2, 0.25) is 0 Å². The van der Waals surface area contributed by atoms with Crippen molar-refractivity contribution >= 4 is 27.7 Å². The number of nitrogens with one attached hydrogen (secondary N) is 1. The summed E-state index contributed by atoms with van der Waals surface area (Å²) in [5.74, 6) is 1.18. The molecule has 2 aromatic carbocycles. The summed E-state index contributed by atoms with van der Waals surface area (Å²) < 4.78 is 8.46. The smallest absolute Gasteiger partial charge is 0.263 e. The molecule has 0 saturated heterocycles. The van der Waals surface area contributed by atoms with Gasteiger partial charge in [-0.3, -0.25) is 4.79 Å². The number of para-hydroxylation sites is 1. The molecule has 26 heavy (non-hydrogen) atoms. The number of amides is 1. The van der Waals surface area contributed by atoms with Crippen LogP contribution < -0.4 is 10.1 Å². The lowest BCUT2D eigenvalue weighted by Crippen LogP contribution is -2.22. The lowest BCUT2D eigenvalue weighted by Gasteiger charge is -2.13. The van der Waals surface area contributed by atoms with Gasteiger partial charge >= 0.3 is 0 Å². The van der Waals surface area contributed by atoms with Crippen LogP contribution in [0.5, 0.6) is 5.75 Å². The third-order valence-electron chi connectivity index (χ3n) is 3.96. The zero-order chi connectivity index (χ0) is 18.5. The molecule has 0 spiro atoms. The molecule has 0 saturated carbocycles. The molecule has 0 radical (unpaired) electrons. The molecule has 6 heteroatoms. The highest BCUT2D eigenvalue weighted by Gasteiger charge is 2.10. The van der Waals surface area contributed by atoms with Crippen molar-refractivity contribution in [1.82, 2.24) is 9.78 Å². The molecular formula is C20H20BrN3O2. The van der Waals surface area contributed by atoms with E-state index < -0.39 is 0 Å². The van der Waals surface area contributed by atoms with Gasteiger partial charge in [-0.05, 0) is 42.7 Å². The third-order valence-corrected chi connectivity index (χ3v) is 4.46. The van der Waals surface area contributed by atoms with E-state index in [9.17, 15) is 4.79 Å². The van der Waals surface area contributed by atoms with Crippen molar-refractivity contribution in [3.05, 3.63) is 75.9 Å². The Kier molecular flexibility index (Phi) is 5.73. The molecule has 0 fully saturated rings. The van der Waals surface area contributed by atoms with Gasteiger partial charge in [-0.15, -0.1) is 0 Å². The Morgan fingerprint density at radius 1 is 1.15 bits per heavy atom. The molecule has 134 valence electrons. The predicted octanol–water partition coefficient (Wildman–Crippen LogP) is 4.33. The maximum absolute atomic E-state index is 12.3. The highest BCUT2D eigenvalue weighted by molar-refractivity contribution is 9.10. The van der Waals surface area contributed by atoms with Crippen molar-refractivity contribution in [2.24, 2.45) is 0 Å². The number of hydrogen-bond acceptors (Lipinski definition) is 3. The minimum absolute atomic E-state index is 0.0479. The zero-order valence-corrected chi connectivity index (χ0v) is 16.3. The summed E-state index contributed by atoms with van der Waals surface area (Å²) in [6.45, 7) is 4.45. The van der Waals surface area contributed by atoms with Crippen molar-refractivity contribution in [3.63, 3.8) is 0 Å². The number of aryl methyl sites for hydroxylation is 2. The maximum atomic E-state index is 12.3. The van der Waals surface area contributed by atoms with E-state index in [0.717, 1.165) is 26.9 Å². The molecule has 0 aliphatic rings. The summed E-state index contributed by atoms with van der Waals surface area (Å²) >= 11 is 3.46. The monoisotopic (exact) mass is 413 g/mol. The lowest BCUT2D eigenvalue weighted by atomic mass is 10.1. The molecule has 1 amide bonds. The van der Waals surface area contributed by atoms with Gasteiger partial charge in [-0.2, -0.15) is 5.10 Å². The van der Waals surface area contributed by atoms with Gasteiger partial charge in [0, 0.05) is 10.5 Å². The van der Waals surface area contributed by atoms with Crippen LogP contribution in [0.1, 0.15) is 16.7 Å². The standard InChI is InChI=1S/C20H20BrN3O2/c1-14-5-3-6-15(2)20(14)26-13-19(25)23-18-9-10-22-24(18)12-16-7-4-8-17(21)11-16/h3-11H,12-13H2,1-2H3,(H,23,25). The molecule has 5 nitrogen and oxygen atoms in total. The minimum Gasteiger partial charge on any atom is -0.483 e. The second-order valence-electron chi connectivity index (χ2n) is 6.06. The van der Waals surface area contributed by atoms with E-state index in [1.807, 2.05) is 56.3 Å². The van der Waals surface area contributed by atoms with Crippen molar-refractivity contribution in [1.29, 1.82) is 0 Å². The second kappa shape index (κ2) is 8.19. The fraction of sp³-hybridized carbons (Fsp3) is 0.200. The van der Waals surface area contributed by atoms with Crippen LogP contribution in [0.25, 0.3) is 0 Å². The molecule has 0 aliphatic heterocycles. The summed E-state index contributed by atoms with van der Waals surface area (Å²) in [6.07, 6.45) is 1.67. The number of benzene rings is 2. The van der Waals surface area contributed by atoms with Crippen LogP contribution in [0, 0.1) is 13.8 Å². The summed E-state index contributed by atoms with van der Waals surface area (Å²) in [5.41, 5.74) is 3.11. The van der Waals surface area contributed by atoms with Crippen molar-refractivity contribution < 1.29 is 9.53 Å². The number of ether oxygens (including phenoxy) is 1. The van der Waals surface area contributed by atoms with Crippen LogP contribution in [-0.2, 0) is 11.3 Å². The number of halogens is 1. The van der Waals surface area contributed by atoms with Crippen molar-refractivity contribution in [2.45, 2.75) is 20.4 Å². The van der Waals surface area contributed by atoms with Crippen molar-refractivity contribution in [2.75, 3.05) is 11.9 Å². The SMILES string of the molecule is Cc1cccc(C)c1OCC(=O)Nc1ccnn1Cc1cccc(Br)c1. The number of nitrogens with zero attached hydrogens (tertiary/aromatic N) is 2. The molecule has 0 bridgehead atoms. The molecule has 0 unspecified atom stereocenters. The number of carbonyl (C=O) groups excluding carboxylic acids is 1. The van der Waals surface area contributed by atoms with Gasteiger partial charge in [0.05, 0.1) is 12.7 Å². The topological polar surface area (TPSA) is 56.1 Å². The quantitative estimate of drug-likeness (QED) is 0.654. The lowest BCUT2D eigenvalue weighted by molar-refractivity contribution is -0.118. The minimum atomic E-state index is -0.219. The van der Waals surface area contributed by atoms with Gasteiger partial charge in [0.15, 0.2) is 6.61 Å². The van der Waals surface area contributed by atoms with E-state index in [4.69, 9.17) is 4.74 Å². The fourth-order valence-electron chi connectivity index (χ4n) is 2.72. The van der Waals surface area contributed by atoms with Gasteiger partial charge in [0.25, 0.3) is 5.91 Å². The normalized spacial score (nSPS) is 10.6. The van der Waals surface area contributed by atoms with Gasteiger partial charge in [0.1, 0.15) is 11.6 Å². The first-order valence-corrected chi connectivity index (χ1v) is 9.07. The Hall–Kier alpha value is -2.60. The number of anilines is 1. The average molecular weight is 414 g/mol. The van der Waals surface area contributed by atoms with Crippen molar-refractivity contribution in [3.8, 4) is 5.75 Å². The fourth-order valence-corrected chi connectivity index (χ4v) is 3.16. The van der Waals surface area contributed by atoms with Gasteiger partial charge < -0.3 is 10.1 Å². The maximum Gasteiger partial charge on any atom is 0.263 e. The van der Waals surface area contributed by atoms with E-state index in [0.29, 0.717) is 12.4 Å². The zero-order valence-electron chi connectivity index (χ0n) is 14.7. The van der Waals surface area contributed by atoms with Crippen LogP contribution in [0.3, 0.4) is 0 Å². The highest BCUT2D eigenvalue weighted by Crippen LogP contribution is 2.22. The largest absolute Gasteiger partial charge is 0.483 e.